The zero-order chi connectivity index (χ0) is 13.8. The number of phenols is 2. The summed E-state index contributed by atoms with van der Waals surface area (Å²) in [4.78, 5) is 2.12. The predicted molar refractivity (Wildman–Crippen MR) is 73.4 cm³/mol. The van der Waals surface area contributed by atoms with Gasteiger partial charge in [0.05, 0.1) is 12.7 Å². The quantitative estimate of drug-likeness (QED) is 0.712. The fourth-order valence-corrected chi connectivity index (χ4v) is 2.33. The highest BCUT2D eigenvalue weighted by Gasteiger charge is 2.21. The fourth-order valence-electron chi connectivity index (χ4n) is 2.33. The Morgan fingerprint density at radius 1 is 1.47 bits per heavy atom. The third-order valence-electron chi connectivity index (χ3n) is 3.62. The van der Waals surface area contributed by atoms with Gasteiger partial charge in [0.2, 0.25) is 0 Å². The maximum atomic E-state index is 9.88. The largest absolute Gasteiger partial charge is 0.508 e. The summed E-state index contributed by atoms with van der Waals surface area (Å²) in [6, 6.07) is 4.63. The molecule has 1 fully saturated rings. The van der Waals surface area contributed by atoms with Crippen LogP contribution < -0.4 is 5.32 Å². The van der Waals surface area contributed by atoms with Crippen molar-refractivity contribution >= 4 is 0 Å². The van der Waals surface area contributed by atoms with Crippen molar-refractivity contribution in [2.24, 2.45) is 0 Å². The molecule has 0 aliphatic carbocycles. The summed E-state index contributed by atoms with van der Waals surface area (Å²) >= 11 is 0. The standard InChI is InChI=1S/C14H22N2O3/c1-10(13-7-11(17)3-4-14(13)18)16(2)9-12-8-15-5-6-19-12/h3-4,7,10,12,15,17-18H,5-6,8-9H2,1-2H3. The van der Waals surface area contributed by atoms with Crippen molar-refractivity contribution < 1.29 is 14.9 Å². The molecule has 19 heavy (non-hydrogen) atoms. The number of ether oxygens (including phenoxy) is 1. The second-order valence-electron chi connectivity index (χ2n) is 5.06. The van der Waals surface area contributed by atoms with Crippen LogP contribution in [0.25, 0.3) is 0 Å². The lowest BCUT2D eigenvalue weighted by Gasteiger charge is -2.31. The van der Waals surface area contributed by atoms with E-state index in [9.17, 15) is 10.2 Å². The van der Waals surface area contributed by atoms with Crippen molar-refractivity contribution in [3.05, 3.63) is 23.8 Å². The lowest BCUT2D eigenvalue weighted by atomic mass is 10.1. The molecular weight excluding hydrogens is 244 g/mol. The summed E-state index contributed by atoms with van der Waals surface area (Å²) in [6.07, 6.45) is 0.167. The van der Waals surface area contributed by atoms with Gasteiger partial charge in [0.25, 0.3) is 0 Å². The van der Waals surface area contributed by atoms with E-state index in [1.165, 1.54) is 12.1 Å². The number of morpholine rings is 1. The molecule has 3 N–H and O–H groups in total. The summed E-state index contributed by atoms with van der Waals surface area (Å²) in [5.74, 6) is 0.378. The maximum Gasteiger partial charge on any atom is 0.120 e. The second kappa shape index (κ2) is 6.23. The Bertz CT molecular complexity index is 419. The van der Waals surface area contributed by atoms with Gasteiger partial charge in [-0.05, 0) is 32.2 Å². The van der Waals surface area contributed by atoms with Gasteiger partial charge in [-0.25, -0.2) is 0 Å². The Balaban J connectivity index is 2.01. The molecule has 106 valence electrons. The third kappa shape index (κ3) is 3.59. The Morgan fingerprint density at radius 2 is 2.26 bits per heavy atom. The highest BCUT2D eigenvalue weighted by molar-refractivity contribution is 5.40. The molecular formula is C14H22N2O3. The van der Waals surface area contributed by atoms with Crippen LogP contribution in [-0.4, -0.2) is 54.5 Å². The number of benzene rings is 1. The molecule has 2 atom stereocenters. The van der Waals surface area contributed by atoms with E-state index in [0.717, 1.165) is 31.8 Å². The fraction of sp³-hybridized carbons (Fsp3) is 0.571. The van der Waals surface area contributed by atoms with Crippen LogP contribution in [0.2, 0.25) is 0 Å². The molecule has 2 rings (SSSR count). The molecule has 0 amide bonds. The zero-order valence-corrected chi connectivity index (χ0v) is 11.5. The van der Waals surface area contributed by atoms with Crippen LogP contribution >= 0.6 is 0 Å². The van der Waals surface area contributed by atoms with E-state index in [2.05, 4.69) is 10.2 Å². The molecule has 0 spiro atoms. The first-order valence-corrected chi connectivity index (χ1v) is 6.62. The molecule has 5 heteroatoms. The van der Waals surface area contributed by atoms with Gasteiger partial charge in [-0.2, -0.15) is 0 Å². The lowest BCUT2D eigenvalue weighted by Crippen LogP contribution is -2.44. The van der Waals surface area contributed by atoms with Crippen molar-refractivity contribution in [1.29, 1.82) is 0 Å². The first-order valence-electron chi connectivity index (χ1n) is 6.62. The highest BCUT2D eigenvalue weighted by Crippen LogP contribution is 2.30. The van der Waals surface area contributed by atoms with E-state index < -0.39 is 0 Å². The summed E-state index contributed by atoms with van der Waals surface area (Å²) in [7, 11) is 1.99. The molecule has 0 radical (unpaired) electrons. The monoisotopic (exact) mass is 266 g/mol. The van der Waals surface area contributed by atoms with Crippen LogP contribution in [-0.2, 0) is 4.74 Å². The Hall–Kier alpha value is -1.30. The van der Waals surface area contributed by atoms with Crippen LogP contribution in [0.5, 0.6) is 11.5 Å². The van der Waals surface area contributed by atoms with Gasteiger partial charge in [0.15, 0.2) is 0 Å². The van der Waals surface area contributed by atoms with Crippen LogP contribution in [0.4, 0.5) is 0 Å². The Kier molecular flexibility index (Phi) is 4.63. The van der Waals surface area contributed by atoms with Crippen LogP contribution in [0.1, 0.15) is 18.5 Å². The third-order valence-corrected chi connectivity index (χ3v) is 3.62. The highest BCUT2D eigenvalue weighted by atomic mass is 16.5. The van der Waals surface area contributed by atoms with Crippen molar-refractivity contribution in [2.75, 3.05) is 33.3 Å². The average molecular weight is 266 g/mol. The molecule has 1 aliphatic heterocycles. The van der Waals surface area contributed by atoms with Gasteiger partial charge < -0.3 is 20.3 Å². The van der Waals surface area contributed by atoms with Gasteiger partial charge in [-0.3, -0.25) is 4.90 Å². The molecule has 0 bridgehead atoms. The minimum atomic E-state index is 0.0117. The van der Waals surface area contributed by atoms with Crippen LogP contribution in [0.15, 0.2) is 18.2 Å². The molecule has 1 heterocycles. The molecule has 1 aliphatic rings. The van der Waals surface area contributed by atoms with Crippen LogP contribution in [0, 0.1) is 0 Å². The Morgan fingerprint density at radius 3 is 2.95 bits per heavy atom. The number of hydrogen-bond acceptors (Lipinski definition) is 5. The zero-order valence-electron chi connectivity index (χ0n) is 11.5. The second-order valence-corrected chi connectivity index (χ2v) is 5.06. The lowest BCUT2D eigenvalue weighted by molar-refractivity contribution is 0.00377. The molecule has 1 aromatic rings. The SMILES string of the molecule is CC(c1cc(O)ccc1O)N(C)CC1CNCCO1. The first-order chi connectivity index (χ1) is 9.08. The first kappa shape index (κ1) is 14.1. The number of hydrogen-bond donors (Lipinski definition) is 3. The van der Waals surface area contributed by atoms with Crippen LogP contribution in [0.3, 0.4) is 0 Å². The predicted octanol–water partition coefficient (Wildman–Crippen LogP) is 1.08. The summed E-state index contributed by atoms with van der Waals surface area (Å²) in [6.45, 7) is 5.28. The molecule has 1 saturated heterocycles. The Labute approximate surface area is 113 Å². The molecule has 0 saturated carbocycles. The van der Waals surface area contributed by atoms with Crippen molar-refractivity contribution in [3.8, 4) is 11.5 Å². The van der Waals surface area contributed by atoms with Crippen molar-refractivity contribution in [2.45, 2.75) is 19.1 Å². The molecule has 1 aromatic carbocycles. The minimum absolute atomic E-state index is 0.0117. The average Bonchev–Trinajstić information content (AvgIpc) is 2.42. The number of rotatable bonds is 4. The van der Waals surface area contributed by atoms with Crippen molar-refractivity contribution in [3.63, 3.8) is 0 Å². The topological polar surface area (TPSA) is 65.0 Å². The normalized spacial score (nSPS) is 21.5. The summed E-state index contributed by atoms with van der Waals surface area (Å²) < 4.78 is 5.67. The van der Waals surface area contributed by atoms with Gasteiger partial charge in [0.1, 0.15) is 11.5 Å². The molecule has 5 nitrogen and oxygen atoms in total. The molecule has 0 aromatic heterocycles. The van der Waals surface area contributed by atoms with E-state index in [0.29, 0.717) is 0 Å². The van der Waals surface area contributed by atoms with Gasteiger partial charge >= 0.3 is 0 Å². The van der Waals surface area contributed by atoms with Gasteiger partial charge in [-0.15, -0.1) is 0 Å². The number of likely N-dealkylation sites (N-methyl/N-ethyl adjacent to an activating group) is 1. The number of nitrogens with one attached hydrogen (secondary N) is 1. The summed E-state index contributed by atoms with van der Waals surface area (Å²) in [5, 5.41) is 22.7. The molecule has 2 unspecified atom stereocenters. The smallest absolute Gasteiger partial charge is 0.120 e. The summed E-state index contributed by atoms with van der Waals surface area (Å²) in [5.41, 5.74) is 0.728. The van der Waals surface area contributed by atoms with E-state index in [1.807, 2.05) is 14.0 Å². The van der Waals surface area contributed by atoms with E-state index in [-0.39, 0.29) is 23.6 Å². The van der Waals surface area contributed by atoms with Crippen molar-refractivity contribution in [1.82, 2.24) is 10.2 Å². The van der Waals surface area contributed by atoms with E-state index in [1.54, 1.807) is 6.07 Å². The maximum absolute atomic E-state index is 9.88. The van der Waals surface area contributed by atoms with E-state index in [4.69, 9.17) is 4.74 Å². The number of nitrogens with zero attached hydrogens (tertiary/aromatic N) is 1. The van der Waals surface area contributed by atoms with Gasteiger partial charge in [-0.1, -0.05) is 0 Å². The minimum Gasteiger partial charge on any atom is -0.508 e. The number of aromatic hydroxyl groups is 2. The van der Waals surface area contributed by atoms with E-state index >= 15 is 0 Å². The van der Waals surface area contributed by atoms with Gasteiger partial charge in [0, 0.05) is 31.2 Å². The number of phenolic OH excluding ortho intramolecular Hbond substituents is 2.